The van der Waals surface area contributed by atoms with Gasteiger partial charge in [0.15, 0.2) is 5.96 Å². The van der Waals surface area contributed by atoms with Crippen LogP contribution < -0.4 is 16.0 Å². The monoisotopic (exact) mass is 472 g/mol. The van der Waals surface area contributed by atoms with Crippen LogP contribution in [0.15, 0.2) is 35.3 Å². The number of benzene rings is 1. The summed E-state index contributed by atoms with van der Waals surface area (Å²) in [7, 11) is 1.54. The summed E-state index contributed by atoms with van der Waals surface area (Å²) in [6, 6.07) is 10.2. The minimum Gasteiger partial charge on any atom is -0.356 e. The van der Waals surface area contributed by atoms with Crippen molar-refractivity contribution in [2.45, 2.75) is 44.9 Å². The average molecular weight is 472 g/mol. The van der Waals surface area contributed by atoms with Crippen LogP contribution in [-0.4, -0.2) is 37.8 Å². The summed E-state index contributed by atoms with van der Waals surface area (Å²) in [4.78, 5) is 3.95. The summed E-state index contributed by atoms with van der Waals surface area (Å²) in [6.07, 6.45) is -5.06. The molecule has 0 aliphatic carbocycles. The second kappa shape index (κ2) is 10.8. The molecular weight excluding hydrogens is 444 g/mol. The van der Waals surface area contributed by atoms with E-state index in [2.05, 4.69) is 40.0 Å². The van der Waals surface area contributed by atoms with Gasteiger partial charge in [-0.2, -0.15) is 13.2 Å². The topological polar surface area (TPSA) is 48.5 Å². The van der Waals surface area contributed by atoms with Crippen LogP contribution in [0.4, 0.5) is 13.2 Å². The van der Waals surface area contributed by atoms with Gasteiger partial charge in [-0.15, -0.1) is 24.0 Å². The molecule has 0 aromatic heterocycles. The Hall–Kier alpha value is -1.03. The minimum absolute atomic E-state index is 0. The fourth-order valence-electron chi connectivity index (χ4n) is 2.31. The van der Waals surface area contributed by atoms with E-state index in [4.69, 9.17) is 0 Å². The molecule has 1 atom stereocenters. The molecule has 144 valence electrons. The highest BCUT2D eigenvalue weighted by atomic mass is 127. The number of nitrogens with one attached hydrogen (secondary N) is 3. The fourth-order valence-corrected chi connectivity index (χ4v) is 2.31. The molecule has 1 unspecified atom stereocenters. The molecule has 1 rings (SSSR count). The van der Waals surface area contributed by atoms with Crippen molar-refractivity contribution in [1.82, 2.24) is 16.0 Å². The molecule has 0 saturated carbocycles. The summed E-state index contributed by atoms with van der Waals surface area (Å²) in [6.45, 7) is 6.46. The maximum absolute atomic E-state index is 12.2. The summed E-state index contributed by atoms with van der Waals surface area (Å²) in [5.74, 6) is 0.362. The van der Waals surface area contributed by atoms with Crippen LogP contribution >= 0.6 is 24.0 Å². The van der Waals surface area contributed by atoms with E-state index in [0.717, 1.165) is 0 Å². The standard InChI is InChI=1S/C17H27F3N4.HI/c1-13(14-8-6-5-7-9-14)24-16(2,3)12-23-15(21-4)22-11-10-17(18,19)20;/h5-9,13,24H,10-12H2,1-4H3,(H2,21,22,23);1H. The molecule has 0 radical (unpaired) electrons. The number of aliphatic imine (C=N–C) groups is 1. The van der Waals surface area contributed by atoms with E-state index in [1.807, 2.05) is 32.0 Å². The molecule has 0 aliphatic rings. The van der Waals surface area contributed by atoms with Gasteiger partial charge in [0.2, 0.25) is 0 Å². The van der Waals surface area contributed by atoms with Crippen molar-refractivity contribution < 1.29 is 13.2 Å². The van der Waals surface area contributed by atoms with Crippen LogP contribution in [-0.2, 0) is 0 Å². The molecule has 0 fully saturated rings. The van der Waals surface area contributed by atoms with Gasteiger partial charge in [0.1, 0.15) is 0 Å². The summed E-state index contributed by atoms with van der Waals surface area (Å²) >= 11 is 0. The van der Waals surface area contributed by atoms with Gasteiger partial charge in [-0.3, -0.25) is 4.99 Å². The molecule has 0 bridgehead atoms. The normalized spacial score (nSPS) is 13.8. The van der Waals surface area contributed by atoms with E-state index >= 15 is 0 Å². The third-order valence-electron chi connectivity index (χ3n) is 3.53. The van der Waals surface area contributed by atoms with Gasteiger partial charge in [0.25, 0.3) is 0 Å². The molecule has 1 aromatic rings. The van der Waals surface area contributed by atoms with Crippen molar-refractivity contribution in [2.24, 2.45) is 4.99 Å². The molecule has 4 nitrogen and oxygen atoms in total. The van der Waals surface area contributed by atoms with Crippen LogP contribution in [0.2, 0.25) is 0 Å². The van der Waals surface area contributed by atoms with Crippen molar-refractivity contribution in [3.63, 3.8) is 0 Å². The quantitative estimate of drug-likeness (QED) is 0.321. The number of nitrogens with zero attached hydrogens (tertiary/aromatic N) is 1. The van der Waals surface area contributed by atoms with E-state index in [1.165, 1.54) is 12.6 Å². The minimum atomic E-state index is -4.17. The third-order valence-corrected chi connectivity index (χ3v) is 3.53. The van der Waals surface area contributed by atoms with Crippen molar-refractivity contribution in [1.29, 1.82) is 0 Å². The van der Waals surface area contributed by atoms with E-state index in [9.17, 15) is 13.2 Å². The molecular formula is C17H28F3IN4. The Morgan fingerprint density at radius 2 is 1.72 bits per heavy atom. The molecule has 8 heteroatoms. The summed E-state index contributed by atoms with van der Waals surface area (Å²) < 4.78 is 36.5. The maximum atomic E-state index is 12.2. The lowest BCUT2D eigenvalue weighted by Crippen LogP contribution is -2.52. The highest BCUT2D eigenvalue weighted by Crippen LogP contribution is 2.18. The van der Waals surface area contributed by atoms with E-state index in [1.54, 1.807) is 0 Å². The van der Waals surface area contributed by atoms with E-state index < -0.39 is 12.6 Å². The van der Waals surface area contributed by atoms with Gasteiger partial charge >= 0.3 is 6.18 Å². The second-order valence-electron chi connectivity index (χ2n) is 6.38. The molecule has 25 heavy (non-hydrogen) atoms. The number of alkyl halides is 3. The second-order valence-corrected chi connectivity index (χ2v) is 6.38. The van der Waals surface area contributed by atoms with Gasteiger partial charge < -0.3 is 16.0 Å². The first-order valence-electron chi connectivity index (χ1n) is 7.97. The SMILES string of the molecule is CN=C(NCCC(F)(F)F)NCC(C)(C)NC(C)c1ccccc1.I. The fraction of sp³-hybridized carbons (Fsp3) is 0.588. The molecule has 0 aliphatic heterocycles. The summed E-state index contributed by atoms with van der Waals surface area (Å²) in [5.41, 5.74) is 0.912. The zero-order chi connectivity index (χ0) is 18.2. The lowest BCUT2D eigenvalue weighted by molar-refractivity contribution is -0.132. The van der Waals surface area contributed by atoms with E-state index in [0.29, 0.717) is 12.5 Å². The maximum Gasteiger partial charge on any atom is 0.390 e. The van der Waals surface area contributed by atoms with Crippen LogP contribution in [0, 0.1) is 0 Å². The molecule has 0 saturated heterocycles. The lowest BCUT2D eigenvalue weighted by atomic mass is 10.0. The predicted molar refractivity (Wildman–Crippen MR) is 108 cm³/mol. The Bertz CT molecular complexity index is 518. The molecule has 0 spiro atoms. The van der Waals surface area contributed by atoms with Crippen molar-refractivity contribution in [3.8, 4) is 0 Å². The van der Waals surface area contributed by atoms with Gasteiger partial charge in [0, 0.05) is 31.7 Å². The Labute approximate surface area is 165 Å². The lowest BCUT2D eigenvalue weighted by Gasteiger charge is -2.31. The Morgan fingerprint density at radius 3 is 2.24 bits per heavy atom. The number of hydrogen-bond acceptors (Lipinski definition) is 2. The largest absolute Gasteiger partial charge is 0.390 e. The summed E-state index contributed by atoms with van der Waals surface area (Å²) in [5, 5.41) is 9.24. The highest BCUT2D eigenvalue weighted by Gasteiger charge is 2.26. The van der Waals surface area contributed by atoms with Crippen LogP contribution in [0.1, 0.15) is 38.8 Å². The molecule has 0 heterocycles. The van der Waals surface area contributed by atoms with Crippen LogP contribution in [0.3, 0.4) is 0 Å². The first-order chi connectivity index (χ1) is 11.1. The molecule has 1 aromatic carbocycles. The molecule has 0 amide bonds. The zero-order valence-corrected chi connectivity index (χ0v) is 17.4. The van der Waals surface area contributed by atoms with Crippen molar-refractivity contribution in [2.75, 3.05) is 20.1 Å². The van der Waals surface area contributed by atoms with Gasteiger partial charge in [0.05, 0.1) is 6.42 Å². The van der Waals surface area contributed by atoms with E-state index in [-0.39, 0.29) is 42.1 Å². The number of rotatable bonds is 7. The predicted octanol–water partition coefficient (Wildman–Crippen LogP) is 3.85. The van der Waals surface area contributed by atoms with Crippen LogP contribution in [0.25, 0.3) is 0 Å². The zero-order valence-electron chi connectivity index (χ0n) is 15.1. The number of hydrogen-bond donors (Lipinski definition) is 3. The Morgan fingerprint density at radius 1 is 1.12 bits per heavy atom. The van der Waals surface area contributed by atoms with Crippen molar-refractivity contribution >= 4 is 29.9 Å². The van der Waals surface area contributed by atoms with Crippen LogP contribution in [0.5, 0.6) is 0 Å². The smallest absolute Gasteiger partial charge is 0.356 e. The molecule has 3 N–H and O–H groups in total. The van der Waals surface area contributed by atoms with Gasteiger partial charge in [-0.25, -0.2) is 0 Å². The van der Waals surface area contributed by atoms with Gasteiger partial charge in [-0.05, 0) is 26.3 Å². The first kappa shape index (κ1) is 24.0. The highest BCUT2D eigenvalue weighted by molar-refractivity contribution is 14.0. The third kappa shape index (κ3) is 10.5. The van der Waals surface area contributed by atoms with Gasteiger partial charge in [-0.1, -0.05) is 30.3 Å². The first-order valence-corrected chi connectivity index (χ1v) is 7.97. The Kier molecular flexibility index (Phi) is 10.4. The average Bonchev–Trinajstić information content (AvgIpc) is 2.50. The number of halogens is 4. The van der Waals surface area contributed by atoms with Crippen molar-refractivity contribution in [3.05, 3.63) is 35.9 Å². The Balaban J connectivity index is 0.00000576. The number of guanidine groups is 1.